The predicted octanol–water partition coefficient (Wildman–Crippen LogP) is 2.45. The van der Waals surface area contributed by atoms with Gasteiger partial charge in [0.05, 0.1) is 0 Å². The van der Waals surface area contributed by atoms with Crippen molar-refractivity contribution in [3.63, 3.8) is 0 Å². The minimum Gasteiger partial charge on any atom is -0.456 e. The van der Waals surface area contributed by atoms with E-state index in [9.17, 15) is 19.8 Å². The quantitative estimate of drug-likeness (QED) is 0.279. The van der Waals surface area contributed by atoms with Crippen molar-refractivity contribution >= 4 is 12.1 Å². The first-order chi connectivity index (χ1) is 12.1. The molecule has 0 spiro atoms. The van der Waals surface area contributed by atoms with Crippen molar-refractivity contribution in [2.45, 2.75) is 51.1 Å². The van der Waals surface area contributed by atoms with E-state index in [0.29, 0.717) is 0 Å². The van der Waals surface area contributed by atoms with Gasteiger partial charge in [0.15, 0.2) is 0 Å². The number of amides is 1. The van der Waals surface area contributed by atoms with Gasteiger partial charge in [0.25, 0.3) is 0 Å². The number of esters is 1. The Morgan fingerprint density at radius 3 is 2.46 bits per heavy atom. The normalized spacial score (nSPS) is 28.2. The summed E-state index contributed by atoms with van der Waals surface area (Å²) in [6.07, 6.45) is -2.55. The van der Waals surface area contributed by atoms with Crippen LogP contribution in [0.4, 0.5) is 4.79 Å². The van der Waals surface area contributed by atoms with E-state index < -0.39 is 40.3 Å². The number of benzene rings is 1. The summed E-state index contributed by atoms with van der Waals surface area (Å²) < 4.78 is 4.55. The van der Waals surface area contributed by atoms with Gasteiger partial charge < -0.3 is 14.9 Å². The largest absolute Gasteiger partial charge is 0.514 e. The van der Waals surface area contributed by atoms with Gasteiger partial charge in [-0.3, -0.25) is 0 Å². The summed E-state index contributed by atoms with van der Waals surface area (Å²) in [5.74, 6) is -0.819. The van der Waals surface area contributed by atoms with E-state index in [0.717, 1.165) is 5.56 Å². The second-order valence-corrected chi connectivity index (χ2v) is 7.31. The lowest BCUT2D eigenvalue weighted by Crippen LogP contribution is -2.69. The highest BCUT2D eigenvalue weighted by atomic mass is 16.5. The molecule has 1 saturated heterocycles. The Kier molecular flexibility index (Phi) is 5.56. The Balaban J connectivity index is 2.41. The highest BCUT2D eigenvalue weighted by Gasteiger charge is 2.67. The number of rotatable bonds is 4. The van der Waals surface area contributed by atoms with E-state index in [1.807, 2.05) is 6.07 Å². The molecule has 0 saturated carbocycles. The van der Waals surface area contributed by atoms with Gasteiger partial charge in [-0.1, -0.05) is 35.4 Å². The first-order valence-corrected chi connectivity index (χ1v) is 8.19. The molecular weight excluding hydrogens is 340 g/mol. The van der Waals surface area contributed by atoms with Crippen molar-refractivity contribution in [2.24, 2.45) is 5.11 Å². The molecule has 0 bridgehead atoms. The summed E-state index contributed by atoms with van der Waals surface area (Å²) in [6.45, 7) is 4.67. The molecule has 1 unspecified atom stereocenters. The van der Waals surface area contributed by atoms with E-state index in [1.54, 1.807) is 45.0 Å². The molecular formula is C17H23N4O5+. The molecule has 9 heteroatoms. The topological polar surface area (TPSA) is 133 Å². The number of azide groups is 1. The molecule has 1 aromatic carbocycles. The fraction of sp³-hybridized carbons (Fsp3) is 0.529. The molecule has 1 aliphatic rings. The van der Waals surface area contributed by atoms with E-state index >= 15 is 0 Å². The Labute approximate surface area is 151 Å². The number of hydrogen-bond acceptors (Lipinski definition) is 5. The molecule has 9 nitrogen and oxygen atoms in total. The molecule has 2 N–H and O–H groups in total. The first-order valence-electron chi connectivity index (χ1n) is 8.19. The third kappa shape index (κ3) is 3.37. The van der Waals surface area contributed by atoms with Crippen molar-refractivity contribution in [1.82, 2.24) is 0 Å². The van der Waals surface area contributed by atoms with Crippen molar-refractivity contribution in [3.05, 3.63) is 46.3 Å². The summed E-state index contributed by atoms with van der Waals surface area (Å²) in [4.78, 5) is 27.7. The maximum Gasteiger partial charge on any atom is 0.514 e. The number of aliphatic hydroxyl groups excluding tert-OH is 1. The second kappa shape index (κ2) is 7.33. The standard InChI is InChI=1S/C17H22N4O5/c1-17(2,3)21(16(24)25)9-12(22)13(19-20-18)14(21)15(23)26-10-11-7-5-4-6-8-11/h4-8,12-14,22H,9-10H2,1-3H3/p+1/t12-,13+,14-,21?/m0/s1. The zero-order valence-electron chi connectivity index (χ0n) is 14.9. The summed E-state index contributed by atoms with van der Waals surface area (Å²) in [6, 6.07) is 6.37. The zero-order chi connectivity index (χ0) is 19.5. The van der Waals surface area contributed by atoms with E-state index in [-0.39, 0.29) is 13.2 Å². The first kappa shape index (κ1) is 19.7. The highest BCUT2D eigenvalue weighted by molar-refractivity contribution is 5.79. The fourth-order valence-corrected chi connectivity index (χ4v) is 3.50. The third-order valence-electron chi connectivity index (χ3n) is 4.86. The van der Waals surface area contributed by atoms with Crippen LogP contribution in [0.3, 0.4) is 0 Å². The van der Waals surface area contributed by atoms with Crippen LogP contribution in [-0.2, 0) is 16.1 Å². The number of ether oxygens (including phenoxy) is 1. The van der Waals surface area contributed by atoms with Gasteiger partial charge in [-0.2, -0.15) is 4.79 Å². The molecule has 2 rings (SSSR count). The number of likely N-dealkylation sites (tertiary alicyclic amines) is 1. The maximum absolute atomic E-state index is 12.8. The van der Waals surface area contributed by atoms with Crippen LogP contribution in [0.15, 0.2) is 35.4 Å². The van der Waals surface area contributed by atoms with Crippen molar-refractivity contribution in [3.8, 4) is 0 Å². The lowest BCUT2D eigenvalue weighted by Gasteiger charge is -2.43. The lowest BCUT2D eigenvalue weighted by atomic mass is 9.98. The lowest BCUT2D eigenvalue weighted by molar-refractivity contribution is -0.908. The number of quaternary nitrogens is 1. The number of nitrogens with zero attached hydrogens (tertiary/aromatic N) is 4. The van der Waals surface area contributed by atoms with Crippen LogP contribution in [-0.4, -0.2) is 57.0 Å². The average molecular weight is 363 g/mol. The van der Waals surface area contributed by atoms with Crippen LogP contribution in [0.5, 0.6) is 0 Å². The van der Waals surface area contributed by atoms with Crippen molar-refractivity contribution in [2.75, 3.05) is 6.54 Å². The highest BCUT2D eigenvalue weighted by Crippen LogP contribution is 2.39. The summed E-state index contributed by atoms with van der Waals surface area (Å²) in [5, 5.41) is 23.8. The van der Waals surface area contributed by atoms with Crippen LogP contribution in [0.2, 0.25) is 0 Å². The Bertz CT molecular complexity index is 726. The van der Waals surface area contributed by atoms with Gasteiger partial charge in [-0.15, -0.1) is 0 Å². The molecule has 1 aliphatic heterocycles. The summed E-state index contributed by atoms with van der Waals surface area (Å²) in [5.41, 5.74) is 8.60. The van der Waals surface area contributed by atoms with Gasteiger partial charge in [-0.25, -0.2) is 9.28 Å². The Morgan fingerprint density at radius 1 is 1.35 bits per heavy atom. The van der Waals surface area contributed by atoms with Crippen LogP contribution < -0.4 is 0 Å². The van der Waals surface area contributed by atoms with E-state index in [1.165, 1.54) is 0 Å². The maximum atomic E-state index is 12.8. The van der Waals surface area contributed by atoms with Gasteiger partial charge in [-0.05, 0) is 31.9 Å². The molecule has 140 valence electrons. The molecule has 0 aliphatic carbocycles. The monoisotopic (exact) mass is 363 g/mol. The van der Waals surface area contributed by atoms with Crippen molar-refractivity contribution < 1.29 is 29.0 Å². The minimum atomic E-state index is -1.35. The van der Waals surface area contributed by atoms with Crippen LogP contribution in [0.1, 0.15) is 26.3 Å². The molecule has 26 heavy (non-hydrogen) atoms. The molecule has 4 atom stereocenters. The van der Waals surface area contributed by atoms with Crippen LogP contribution in [0, 0.1) is 0 Å². The summed E-state index contributed by atoms with van der Waals surface area (Å²) >= 11 is 0. The second-order valence-electron chi connectivity index (χ2n) is 7.31. The molecule has 1 fully saturated rings. The van der Waals surface area contributed by atoms with Crippen LogP contribution in [0.25, 0.3) is 10.4 Å². The zero-order valence-corrected chi connectivity index (χ0v) is 14.9. The molecule has 1 aromatic rings. The third-order valence-corrected chi connectivity index (χ3v) is 4.86. The number of carbonyl (C=O) groups is 2. The van der Waals surface area contributed by atoms with Gasteiger partial charge in [0.1, 0.15) is 30.8 Å². The van der Waals surface area contributed by atoms with E-state index in [4.69, 9.17) is 10.3 Å². The van der Waals surface area contributed by atoms with Crippen LogP contribution >= 0.6 is 0 Å². The number of aliphatic hydroxyl groups is 1. The van der Waals surface area contributed by atoms with Crippen molar-refractivity contribution in [1.29, 1.82) is 0 Å². The Morgan fingerprint density at radius 2 is 1.96 bits per heavy atom. The smallest absolute Gasteiger partial charge is 0.456 e. The number of hydrogen-bond donors (Lipinski definition) is 2. The predicted molar refractivity (Wildman–Crippen MR) is 91.9 cm³/mol. The number of carboxylic acid groups (broad SMARTS) is 1. The SMILES string of the molecule is CC(C)(C)[N+]1(C(=O)O)C[C@H](O)[C@@H](N=[N+]=[N-])[C@H]1C(=O)OCc1ccccc1. The van der Waals surface area contributed by atoms with Gasteiger partial charge in [0, 0.05) is 4.91 Å². The minimum absolute atomic E-state index is 0.0426. The van der Waals surface area contributed by atoms with Gasteiger partial charge in [0.2, 0.25) is 6.04 Å². The van der Waals surface area contributed by atoms with Gasteiger partial charge >= 0.3 is 12.1 Å². The van der Waals surface area contributed by atoms with E-state index in [2.05, 4.69) is 10.0 Å². The number of carbonyl (C=O) groups excluding carboxylic acids is 1. The molecule has 0 radical (unpaired) electrons. The molecule has 1 heterocycles. The average Bonchev–Trinajstić information content (AvgIpc) is 2.88. The Hall–Kier alpha value is -2.61. The fourth-order valence-electron chi connectivity index (χ4n) is 3.50. The summed E-state index contributed by atoms with van der Waals surface area (Å²) in [7, 11) is 0. The molecule has 1 amide bonds. The molecule has 0 aromatic heterocycles.